The Morgan fingerprint density at radius 2 is 1.41 bits per heavy atom. The van der Waals surface area contributed by atoms with Gasteiger partial charge in [0.25, 0.3) is 10.1 Å². The summed E-state index contributed by atoms with van der Waals surface area (Å²) in [7, 11) is -4.25. The van der Waals surface area contributed by atoms with Crippen LogP contribution in [0, 0.1) is 11.8 Å². The molecule has 1 aliphatic carbocycles. The van der Waals surface area contributed by atoms with E-state index in [1.165, 1.54) is 0 Å². The Hall–Kier alpha value is -1.15. The minimum atomic E-state index is -4.25. The molecule has 1 aliphatic rings. The van der Waals surface area contributed by atoms with Crippen LogP contribution < -0.4 is 0 Å². The number of carbonyl (C=O) groups excluding carboxylic acids is 2. The highest BCUT2D eigenvalue weighted by Crippen LogP contribution is 2.35. The molecular weight excluding hydrogens is 312 g/mol. The predicted octanol–water partition coefficient (Wildman–Crippen LogP) is 1.56. The van der Waals surface area contributed by atoms with Gasteiger partial charge in [-0.3, -0.25) is 14.1 Å². The van der Waals surface area contributed by atoms with Gasteiger partial charge in [-0.25, -0.2) is 0 Å². The summed E-state index contributed by atoms with van der Waals surface area (Å²) in [5.74, 6) is -2.83. The molecule has 1 N–H and O–H groups in total. The third-order valence-corrected chi connectivity index (χ3v) is 4.80. The summed E-state index contributed by atoms with van der Waals surface area (Å²) in [6.45, 7) is 6.73. The van der Waals surface area contributed by atoms with Gasteiger partial charge < -0.3 is 9.47 Å². The van der Waals surface area contributed by atoms with Crippen LogP contribution in [0.25, 0.3) is 0 Å². The van der Waals surface area contributed by atoms with Crippen molar-refractivity contribution in [2.75, 3.05) is 0 Å². The topological polar surface area (TPSA) is 107 Å². The van der Waals surface area contributed by atoms with Gasteiger partial charge in [-0.05, 0) is 47.0 Å². The van der Waals surface area contributed by atoms with Gasteiger partial charge in [-0.15, -0.1) is 0 Å². The van der Waals surface area contributed by atoms with Crippen molar-refractivity contribution in [3.63, 3.8) is 0 Å². The first-order chi connectivity index (χ1) is 10.0. The molecule has 0 aromatic heterocycles. The molecule has 0 aromatic carbocycles. The lowest BCUT2D eigenvalue weighted by Crippen LogP contribution is -2.42. The Morgan fingerprint density at radius 1 is 0.955 bits per heavy atom. The lowest BCUT2D eigenvalue weighted by Gasteiger charge is -2.32. The quantitative estimate of drug-likeness (QED) is 0.599. The van der Waals surface area contributed by atoms with Crippen LogP contribution in [0.4, 0.5) is 0 Å². The molecule has 128 valence electrons. The van der Waals surface area contributed by atoms with Crippen molar-refractivity contribution in [2.24, 2.45) is 11.8 Å². The minimum absolute atomic E-state index is 0.113. The van der Waals surface area contributed by atoms with Gasteiger partial charge >= 0.3 is 11.9 Å². The average molecular weight is 336 g/mol. The van der Waals surface area contributed by atoms with Crippen LogP contribution in [-0.4, -0.2) is 42.4 Å². The molecule has 1 rings (SSSR count). The maximum Gasteiger partial charge on any atom is 0.310 e. The summed E-state index contributed by atoms with van der Waals surface area (Å²) >= 11 is 0. The lowest BCUT2D eigenvalue weighted by molar-refractivity contribution is -0.167. The van der Waals surface area contributed by atoms with Gasteiger partial charge in [0, 0.05) is 0 Å². The molecule has 22 heavy (non-hydrogen) atoms. The summed E-state index contributed by atoms with van der Waals surface area (Å²) in [4.78, 5) is 24.3. The fraction of sp³-hybridized carbons (Fsp3) is 0.857. The fourth-order valence-corrected chi connectivity index (χ4v) is 3.47. The van der Waals surface area contributed by atoms with Crippen LogP contribution in [0.1, 0.15) is 47.0 Å². The van der Waals surface area contributed by atoms with Crippen molar-refractivity contribution in [3.05, 3.63) is 0 Å². The molecule has 0 spiro atoms. The van der Waals surface area contributed by atoms with Gasteiger partial charge in [0.15, 0.2) is 0 Å². The monoisotopic (exact) mass is 336 g/mol. The molecule has 1 fully saturated rings. The fourth-order valence-electron chi connectivity index (χ4n) is 2.58. The zero-order valence-corrected chi connectivity index (χ0v) is 14.1. The molecule has 7 nitrogen and oxygen atoms in total. The first-order valence-corrected chi connectivity index (χ1v) is 8.90. The van der Waals surface area contributed by atoms with Crippen molar-refractivity contribution in [1.29, 1.82) is 0 Å². The Labute approximate surface area is 131 Å². The number of esters is 2. The largest absolute Gasteiger partial charge is 0.463 e. The molecular formula is C14H24O7S. The third-order valence-electron chi connectivity index (χ3n) is 3.53. The maximum absolute atomic E-state index is 12.2. The number of carbonyl (C=O) groups is 2. The lowest BCUT2D eigenvalue weighted by atomic mass is 9.79. The maximum atomic E-state index is 12.2. The van der Waals surface area contributed by atoms with E-state index in [2.05, 4.69) is 0 Å². The highest BCUT2D eigenvalue weighted by molar-refractivity contribution is 7.86. The minimum Gasteiger partial charge on any atom is -0.463 e. The van der Waals surface area contributed by atoms with Crippen molar-refractivity contribution in [2.45, 2.75) is 64.4 Å². The summed E-state index contributed by atoms with van der Waals surface area (Å²) in [5.41, 5.74) is 0. The van der Waals surface area contributed by atoms with Crippen molar-refractivity contribution < 1.29 is 32.0 Å². The highest BCUT2D eigenvalue weighted by Gasteiger charge is 2.44. The van der Waals surface area contributed by atoms with E-state index in [0.717, 1.165) is 0 Å². The van der Waals surface area contributed by atoms with E-state index in [0.29, 0.717) is 0 Å². The Bertz CT molecular complexity index is 509. The zero-order valence-electron chi connectivity index (χ0n) is 13.3. The standard InChI is InChI=1S/C14H24O7S/c1-8(2)20-13(15)11-6-5-10(22(17,18)19)7-12(11)14(16)21-9(3)4/h8-12H,5-7H2,1-4H3,(H,17,18,19). The SMILES string of the molecule is CC(C)OC(=O)C1CCC(S(=O)(=O)O)CC1C(=O)OC(C)C. The summed E-state index contributed by atoms with van der Waals surface area (Å²) < 4.78 is 42.1. The summed E-state index contributed by atoms with van der Waals surface area (Å²) in [6.07, 6.45) is -0.563. The van der Waals surface area contributed by atoms with Gasteiger partial charge in [0.1, 0.15) is 0 Å². The first kappa shape index (κ1) is 18.9. The Balaban J connectivity index is 2.95. The number of rotatable bonds is 5. The van der Waals surface area contributed by atoms with Gasteiger partial charge in [0.05, 0.1) is 29.3 Å². The van der Waals surface area contributed by atoms with E-state index >= 15 is 0 Å². The first-order valence-electron chi connectivity index (χ1n) is 7.39. The van der Waals surface area contributed by atoms with E-state index in [4.69, 9.17) is 9.47 Å². The number of hydrogen-bond donors (Lipinski definition) is 1. The molecule has 0 heterocycles. The van der Waals surface area contributed by atoms with Gasteiger partial charge in [-0.2, -0.15) is 8.42 Å². The van der Waals surface area contributed by atoms with Crippen LogP contribution in [0.2, 0.25) is 0 Å². The Morgan fingerprint density at radius 3 is 1.82 bits per heavy atom. The second-order valence-electron chi connectivity index (χ2n) is 6.13. The molecule has 0 saturated heterocycles. The second-order valence-corrected chi connectivity index (χ2v) is 7.83. The second kappa shape index (κ2) is 7.41. The molecule has 0 radical (unpaired) electrons. The molecule has 0 aromatic rings. The van der Waals surface area contributed by atoms with Crippen LogP contribution in [0.5, 0.6) is 0 Å². The average Bonchev–Trinajstić information content (AvgIpc) is 2.35. The highest BCUT2D eigenvalue weighted by atomic mass is 32.2. The van der Waals surface area contributed by atoms with E-state index in [1.54, 1.807) is 27.7 Å². The van der Waals surface area contributed by atoms with Gasteiger partial charge in [-0.1, -0.05) is 0 Å². The molecule has 0 amide bonds. The van der Waals surface area contributed by atoms with E-state index in [1.807, 2.05) is 0 Å². The van der Waals surface area contributed by atoms with Crippen LogP contribution >= 0.6 is 0 Å². The number of hydrogen-bond acceptors (Lipinski definition) is 6. The van der Waals surface area contributed by atoms with Crippen molar-refractivity contribution >= 4 is 22.1 Å². The molecule has 3 atom stereocenters. The molecule has 1 saturated carbocycles. The van der Waals surface area contributed by atoms with Crippen molar-refractivity contribution in [1.82, 2.24) is 0 Å². The van der Waals surface area contributed by atoms with E-state index in [9.17, 15) is 22.6 Å². The molecule has 0 aliphatic heterocycles. The summed E-state index contributed by atoms with van der Waals surface area (Å²) in [6, 6.07) is 0. The smallest absolute Gasteiger partial charge is 0.310 e. The number of ether oxygens (including phenoxy) is 2. The molecule has 0 bridgehead atoms. The van der Waals surface area contributed by atoms with E-state index in [-0.39, 0.29) is 31.5 Å². The zero-order chi connectivity index (χ0) is 17.1. The van der Waals surface area contributed by atoms with Gasteiger partial charge in [0.2, 0.25) is 0 Å². The molecule has 3 unspecified atom stereocenters. The summed E-state index contributed by atoms with van der Waals surface area (Å²) in [5, 5.41) is -1.06. The normalized spacial score (nSPS) is 26.0. The molecule has 8 heteroatoms. The van der Waals surface area contributed by atoms with Crippen LogP contribution in [-0.2, 0) is 29.2 Å². The van der Waals surface area contributed by atoms with Crippen LogP contribution in [0.3, 0.4) is 0 Å². The predicted molar refractivity (Wildman–Crippen MR) is 78.6 cm³/mol. The van der Waals surface area contributed by atoms with Crippen molar-refractivity contribution in [3.8, 4) is 0 Å². The van der Waals surface area contributed by atoms with Crippen LogP contribution in [0.15, 0.2) is 0 Å². The Kier molecular flexibility index (Phi) is 6.37. The van der Waals surface area contributed by atoms with E-state index < -0.39 is 39.1 Å². The third kappa shape index (κ3) is 5.24.